The molecule has 9 aromatic carbocycles. The number of fused-ring (bicyclic) bond motifs is 7. The van der Waals surface area contributed by atoms with E-state index in [4.69, 9.17) is 14.5 Å². The minimum Gasteiger partial charge on any atom is -0.457 e. The molecule has 2 aliphatic rings. The highest BCUT2D eigenvalue weighted by Gasteiger charge is 2.38. The second kappa shape index (κ2) is 13.8. The average Bonchev–Trinajstić information content (AvgIpc) is 3.70. The average molecular weight is 815 g/mol. The second-order valence-corrected chi connectivity index (χ2v) is 18.1. The summed E-state index contributed by atoms with van der Waals surface area (Å²) in [5.74, 6) is 4.66. The second-order valence-electron chi connectivity index (χ2n) is 18.1. The van der Waals surface area contributed by atoms with Crippen LogP contribution in [0.25, 0.3) is 71.6 Å². The van der Waals surface area contributed by atoms with E-state index in [2.05, 4.69) is 215 Å². The molecule has 0 spiro atoms. The van der Waals surface area contributed by atoms with E-state index in [0.717, 1.165) is 57.5 Å². The van der Waals surface area contributed by atoms with Gasteiger partial charge in [0.05, 0.1) is 11.0 Å². The van der Waals surface area contributed by atoms with Crippen LogP contribution in [0.2, 0.25) is 0 Å². The third-order valence-electron chi connectivity index (χ3n) is 13.8. The first-order chi connectivity index (χ1) is 30.7. The minimum atomic E-state index is -0.314. The topological polar surface area (TPSA) is 36.3 Å². The van der Waals surface area contributed by atoms with Crippen LogP contribution in [0, 0.1) is 0 Å². The molecule has 0 unspecified atom stereocenters. The van der Waals surface area contributed by atoms with Crippen LogP contribution < -0.4 is 9.47 Å². The minimum absolute atomic E-state index is 0.314. The van der Waals surface area contributed by atoms with Gasteiger partial charge in [-0.25, -0.2) is 4.98 Å². The third-order valence-corrected chi connectivity index (χ3v) is 13.8. The standard InChI is InChI=1S/C59H46N2O2/c1-6-53-60-57-43(27-16-30-48(57)61(53)36-19-8-7-9-20-36)54-39-23-14-21-37(41-25-17-33-51-55(41)58(2,3)46-28-10-12-31-49(46)62-51)44(39)35-45-38(22-15-24-40(45)54)42-26-18-34-52-56(42)59(4,5)47-29-11-13-32-50(47)63-52/h7-35H,6H2,1-5H3. The number of hydrogen-bond donors (Lipinski definition) is 0. The van der Waals surface area contributed by atoms with E-state index in [-0.39, 0.29) is 10.8 Å². The van der Waals surface area contributed by atoms with Gasteiger partial charge >= 0.3 is 0 Å². The molecule has 0 saturated heterocycles. The lowest BCUT2D eigenvalue weighted by atomic mass is 9.72. The number of hydrogen-bond acceptors (Lipinski definition) is 3. The van der Waals surface area contributed by atoms with Crippen molar-refractivity contribution in [3.8, 4) is 62.1 Å². The number of para-hydroxylation sites is 4. The number of rotatable bonds is 5. The fourth-order valence-corrected chi connectivity index (χ4v) is 11.0. The van der Waals surface area contributed by atoms with Crippen molar-refractivity contribution in [3.05, 3.63) is 204 Å². The summed E-state index contributed by atoms with van der Waals surface area (Å²) in [7, 11) is 0. The Morgan fingerprint density at radius 1 is 0.444 bits per heavy atom. The van der Waals surface area contributed by atoms with Crippen LogP contribution in [0.1, 0.15) is 62.7 Å². The van der Waals surface area contributed by atoms with Gasteiger partial charge in [0.1, 0.15) is 28.8 Å². The predicted octanol–water partition coefficient (Wildman–Crippen LogP) is 15.8. The van der Waals surface area contributed by atoms with Crippen LogP contribution in [0.15, 0.2) is 176 Å². The lowest BCUT2D eigenvalue weighted by Gasteiger charge is -2.36. The Morgan fingerprint density at radius 2 is 0.905 bits per heavy atom. The first-order valence-corrected chi connectivity index (χ1v) is 22.1. The van der Waals surface area contributed by atoms with Gasteiger partial charge in [0.25, 0.3) is 0 Å². The van der Waals surface area contributed by atoms with E-state index in [1.54, 1.807) is 0 Å². The van der Waals surface area contributed by atoms with Gasteiger partial charge in [-0.2, -0.15) is 0 Å². The van der Waals surface area contributed by atoms with Crippen molar-refractivity contribution in [2.75, 3.05) is 0 Å². The van der Waals surface area contributed by atoms with E-state index in [0.29, 0.717) is 0 Å². The Balaban J connectivity index is 1.19. The Labute approximate surface area is 368 Å². The van der Waals surface area contributed by atoms with E-state index in [1.807, 2.05) is 0 Å². The van der Waals surface area contributed by atoms with Crippen molar-refractivity contribution in [1.29, 1.82) is 0 Å². The first kappa shape index (κ1) is 37.3. The Bertz CT molecular complexity index is 3330. The summed E-state index contributed by atoms with van der Waals surface area (Å²) in [5.41, 5.74) is 14.3. The molecule has 2 aliphatic heterocycles. The normalized spacial score (nSPS) is 14.4. The summed E-state index contributed by atoms with van der Waals surface area (Å²) in [5, 5.41) is 4.71. The fourth-order valence-electron chi connectivity index (χ4n) is 11.0. The van der Waals surface area contributed by atoms with Crippen molar-refractivity contribution in [2.24, 2.45) is 0 Å². The molecule has 0 radical (unpaired) electrons. The maximum atomic E-state index is 6.71. The molecule has 0 N–H and O–H groups in total. The Morgan fingerprint density at radius 3 is 1.46 bits per heavy atom. The smallest absolute Gasteiger partial charge is 0.132 e. The van der Waals surface area contributed by atoms with Crippen molar-refractivity contribution in [3.63, 3.8) is 0 Å². The summed E-state index contributed by atoms with van der Waals surface area (Å²) in [6.07, 6.45) is 0.799. The Kier molecular flexibility index (Phi) is 8.17. The van der Waals surface area contributed by atoms with Crippen LogP contribution in [0.5, 0.6) is 23.0 Å². The first-order valence-electron chi connectivity index (χ1n) is 22.1. The molecule has 4 heteroatoms. The Hall–Kier alpha value is -7.43. The van der Waals surface area contributed by atoms with Crippen molar-refractivity contribution in [1.82, 2.24) is 9.55 Å². The summed E-state index contributed by atoms with van der Waals surface area (Å²) >= 11 is 0. The number of ether oxygens (including phenoxy) is 2. The van der Waals surface area contributed by atoms with Gasteiger partial charge in [0.2, 0.25) is 0 Å². The molecule has 0 amide bonds. The van der Waals surface area contributed by atoms with Crippen LogP contribution in [-0.2, 0) is 17.3 Å². The summed E-state index contributed by atoms with van der Waals surface area (Å²) in [6, 6.07) is 63.4. The molecule has 0 atom stereocenters. The van der Waals surface area contributed by atoms with Crippen molar-refractivity contribution >= 4 is 32.6 Å². The molecule has 0 aliphatic carbocycles. The van der Waals surface area contributed by atoms with Crippen LogP contribution in [0.4, 0.5) is 0 Å². The molecule has 0 bridgehead atoms. The molecular weight excluding hydrogens is 769 g/mol. The number of benzene rings is 9. The molecule has 12 rings (SSSR count). The predicted molar refractivity (Wildman–Crippen MR) is 259 cm³/mol. The van der Waals surface area contributed by atoms with Gasteiger partial charge in [-0.05, 0) is 97.9 Å². The van der Waals surface area contributed by atoms with E-state index in [1.165, 1.54) is 71.6 Å². The molecule has 3 heterocycles. The van der Waals surface area contributed by atoms with Gasteiger partial charge in [-0.1, -0.05) is 162 Å². The van der Waals surface area contributed by atoms with Gasteiger partial charge in [0.15, 0.2) is 0 Å². The highest BCUT2D eigenvalue weighted by Crippen LogP contribution is 2.55. The van der Waals surface area contributed by atoms with E-state index in [9.17, 15) is 0 Å². The molecule has 304 valence electrons. The maximum Gasteiger partial charge on any atom is 0.132 e. The van der Waals surface area contributed by atoms with Gasteiger partial charge in [-0.15, -0.1) is 0 Å². The largest absolute Gasteiger partial charge is 0.457 e. The maximum absolute atomic E-state index is 6.71. The monoisotopic (exact) mass is 814 g/mol. The van der Waals surface area contributed by atoms with Gasteiger partial charge < -0.3 is 9.47 Å². The van der Waals surface area contributed by atoms with Crippen LogP contribution in [-0.4, -0.2) is 9.55 Å². The number of imidazole rings is 1. The highest BCUT2D eigenvalue weighted by atomic mass is 16.5. The fraction of sp³-hybridized carbons (Fsp3) is 0.136. The molecule has 1 aromatic heterocycles. The summed E-state index contributed by atoms with van der Waals surface area (Å²) in [6.45, 7) is 11.5. The van der Waals surface area contributed by atoms with Crippen molar-refractivity contribution in [2.45, 2.75) is 51.9 Å². The van der Waals surface area contributed by atoms with E-state index < -0.39 is 0 Å². The number of aromatic nitrogens is 2. The third kappa shape index (κ3) is 5.44. The zero-order chi connectivity index (χ0) is 42.6. The molecule has 0 fully saturated rings. The van der Waals surface area contributed by atoms with E-state index >= 15 is 0 Å². The molecule has 0 saturated carbocycles. The van der Waals surface area contributed by atoms with Gasteiger partial charge in [-0.3, -0.25) is 4.57 Å². The molecule has 63 heavy (non-hydrogen) atoms. The quantitative estimate of drug-likeness (QED) is 0.162. The molecular formula is C59H46N2O2. The summed E-state index contributed by atoms with van der Waals surface area (Å²) < 4.78 is 15.8. The summed E-state index contributed by atoms with van der Waals surface area (Å²) in [4.78, 5) is 5.48. The number of aryl methyl sites for hydroxylation is 1. The van der Waals surface area contributed by atoms with Crippen molar-refractivity contribution < 1.29 is 9.47 Å². The lowest BCUT2D eigenvalue weighted by molar-refractivity contribution is 0.418. The highest BCUT2D eigenvalue weighted by molar-refractivity contribution is 6.21. The molecule has 4 nitrogen and oxygen atoms in total. The number of nitrogens with zero attached hydrogens (tertiary/aromatic N) is 2. The zero-order valence-electron chi connectivity index (χ0n) is 36.2. The SMILES string of the molecule is CCc1nc2c(-c3c4cccc(-c5cccc6c5C(C)(C)c5ccccc5O6)c4cc4c(-c5cccc6c5C(C)(C)c5ccccc5O6)cccc34)cccc2n1-c1ccccc1. The molecule has 10 aromatic rings. The van der Waals surface area contributed by atoms with Crippen LogP contribution in [0.3, 0.4) is 0 Å². The lowest BCUT2D eigenvalue weighted by Crippen LogP contribution is -2.25. The van der Waals surface area contributed by atoms with Gasteiger partial charge in [0, 0.05) is 50.8 Å². The zero-order valence-corrected chi connectivity index (χ0v) is 36.2. The van der Waals surface area contributed by atoms with Crippen LogP contribution >= 0.6 is 0 Å².